The second-order valence-corrected chi connectivity index (χ2v) is 4.64. The molecule has 106 valence electrons. The van der Waals surface area contributed by atoms with Gasteiger partial charge in [-0.15, -0.1) is 0 Å². The van der Waals surface area contributed by atoms with Crippen molar-refractivity contribution in [3.63, 3.8) is 0 Å². The van der Waals surface area contributed by atoms with E-state index in [1.165, 1.54) is 6.42 Å². The van der Waals surface area contributed by atoms with Gasteiger partial charge in [-0.3, -0.25) is 4.98 Å². The number of rotatable bonds is 7. The van der Waals surface area contributed by atoms with Crippen LogP contribution in [-0.4, -0.2) is 21.5 Å². The second-order valence-electron chi connectivity index (χ2n) is 4.64. The van der Waals surface area contributed by atoms with Crippen LogP contribution >= 0.6 is 0 Å². The number of aromatic nitrogens is 3. The minimum Gasteiger partial charge on any atom is -0.370 e. The third-order valence-corrected chi connectivity index (χ3v) is 2.85. The highest BCUT2D eigenvalue weighted by Crippen LogP contribution is 2.12. The maximum atomic E-state index is 4.39. The fourth-order valence-electron chi connectivity index (χ4n) is 1.83. The molecule has 2 aromatic rings. The number of pyridine rings is 1. The Morgan fingerprint density at radius 1 is 1.10 bits per heavy atom. The zero-order valence-electron chi connectivity index (χ0n) is 12.1. The molecule has 2 rings (SSSR count). The van der Waals surface area contributed by atoms with E-state index in [1.807, 2.05) is 31.2 Å². The first-order chi connectivity index (χ1) is 9.78. The molecule has 0 atom stereocenters. The predicted molar refractivity (Wildman–Crippen MR) is 81.7 cm³/mol. The molecule has 5 nitrogen and oxygen atoms in total. The normalized spacial score (nSPS) is 10.3. The van der Waals surface area contributed by atoms with Gasteiger partial charge < -0.3 is 10.6 Å². The molecular weight excluding hydrogens is 250 g/mol. The van der Waals surface area contributed by atoms with Gasteiger partial charge in [0.05, 0.1) is 12.2 Å². The zero-order chi connectivity index (χ0) is 14.2. The monoisotopic (exact) mass is 271 g/mol. The molecule has 0 aliphatic carbocycles. The third kappa shape index (κ3) is 4.50. The van der Waals surface area contributed by atoms with E-state index >= 15 is 0 Å². The lowest BCUT2D eigenvalue weighted by molar-refractivity contribution is 0.829. The average molecular weight is 271 g/mol. The summed E-state index contributed by atoms with van der Waals surface area (Å²) in [7, 11) is 0. The fourth-order valence-corrected chi connectivity index (χ4v) is 1.83. The molecular formula is C15H21N5. The Balaban J connectivity index is 1.97. The smallest absolute Gasteiger partial charge is 0.132 e. The van der Waals surface area contributed by atoms with E-state index < -0.39 is 0 Å². The fraction of sp³-hybridized carbons (Fsp3) is 0.400. The highest BCUT2D eigenvalue weighted by Gasteiger charge is 2.02. The summed E-state index contributed by atoms with van der Waals surface area (Å²) in [5.41, 5.74) is 0.990. The summed E-state index contributed by atoms with van der Waals surface area (Å²) in [5.74, 6) is 2.45. The molecule has 2 N–H and O–H groups in total. The molecule has 0 aliphatic rings. The van der Waals surface area contributed by atoms with E-state index in [-0.39, 0.29) is 0 Å². The highest BCUT2D eigenvalue weighted by molar-refractivity contribution is 5.47. The van der Waals surface area contributed by atoms with Gasteiger partial charge in [0, 0.05) is 18.8 Å². The third-order valence-electron chi connectivity index (χ3n) is 2.85. The minimum atomic E-state index is 0.658. The number of aryl methyl sites for hydroxylation is 1. The van der Waals surface area contributed by atoms with Gasteiger partial charge >= 0.3 is 0 Å². The van der Waals surface area contributed by atoms with E-state index in [4.69, 9.17) is 0 Å². The summed E-state index contributed by atoms with van der Waals surface area (Å²) in [5, 5.41) is 6.60. The number of anilines is 2. The number of hydrogen-bond acceptors (Lipinski definition) is 5. The van der Waals surface area contributed by atoms with E-state index in [0.29, 0.717) is 6.54 Å². The van der Waals surface area contributed by atoms with Crippen LogP contribution in [0.4, 0.5) is 11.6 Å². The summed E-state index contributed by atoms with van der Waals surface area (Å²) >= 11 is 0. The summed E-state index contributed by atoms with van der Waals surface area (Å²) in [6.07, 6.45) is 4.10. The van der Waals surface area contributed by atoms with Crippen LogP contribution in [0.25, 0.3) is 0 Å². The van der Waals surface area contributed by atoms with Gasteiger partial charge in [-0.2, -0.15) is 0 Å². The van der Waals surface area contributed by atoms with Crippen molar-refractivity contribution in [2.45, 2.75) is 33.2 Å². The van der Waals surface area contributed by atoms with Crippen molar-refractivity contribution in [3.05, 3.63) is 42.0 Å². The van der Waals surface area contributed by atoms with Crippen molar-refractivity contribution in [1.82, 2.24) is 15.0 Å². The second kappa shape index (κ2) is 7.43. The summed E-state index contributed by atoms with van der Waals surface area (Å²) in [4.78, 5) is 13.0. The largest absolute Gasteiger partial charge is 0.370 e. The number of unbranched alkanes of at least 4 members (excludes halogenated alkanes) is 1. The average Bonchev–Trinajstić information content (AvgIpc) is 2.46. The lowest BCUT2D eigenvalue weighted by atomic mass is 10.3. The summed E-state index contributed by atoms with van der Waals surface area (Å²) in [6.45, 7) is 5.67. The maximum Gasteiger partial charge on any atom is 0.132 e. The number of nitrogens with zero attached hydrogens (tertiary/aromatic N) is 3. The van der Waals surface area contributed by atoms with Gasteiger partial charge in [0.15, 0.2) is 0 Å². The van der Waals surface area contributed by atoms with E-state index in [1.54, 1.807) is 6.20 Å². The van der Waals surface area contributed by atoms with Gasteiger partial charge in [-0.25, -0.2) is 9.97 Å². The molecule has 0 radical (unpaired) electrons. The Morgan fingerprint density at radius 3 is 2.60 bits per heavy atom. The Bertz CT molecular complexity index is 527. The Morgan fingerprint density at radius 2 is 1.90 bits per heavy atom. The molecule has 20 heavy (non-hydrogen) atoms. The van der Waals surface area contributed by atoms with Crippen molar-refractivity contribution >= 4 is 11.6 Å². The van der Waals surface area contributed by atoms with Gasteiger partial charge in [-0.1, -0.05) is 19.4 Å². The molecule has 0 fully saturated rings. The van der Waals surface area contributed by atoms with Crippen LogP contribution in [0.15, 0.2) is 30.5 Å². The van der Waals surface area contributed by atoms with E-state index in [9.17, 15) is 0 Å². The molecule has 5 heteroatoms. The van der Waals surface area contributed by atoms with Crippen LogP contribution in [-0.2, 0) is 6.54 Å². The molecule has 0 saturated heterocycles. The Kier molecular flexibility index (Phi) is 5.29. The van der Waals surface area contributed by atoms with Crippen LogP contribution < -0.4 is 10.6 Å². The number of hydrogen-bond donors (Lipinski definition) is 2. The van der Waals surface area contributed by atoms with Crippen LogP contribution in [0.5, 0.6) is 0 Å². The van der Waals surface area contributed by atoms with Crippen LogP contribution in [0.2, 0.25) is 0 Å². The van der Waals surface area contributed by atoms with Gasteiger partial charge in [0.1, 0.15) is 17.5 Å². The van der Waals surface area contributed by atoms with Crippen LogP contribution in [0.3, 0.4) is 0 Å². The molecule has 0 aliphatic heterocycles. The molecule has 0 unspecified atom stereocenters. The van der Waals surface area contributed by atoms with Crippen molar-refractivity contribution in [3.8, 4) is 0 Å². The predicted octanol–water partition coefficient (Wildman–Crippen LogP) is 3.00. The van der Waals surface area contributed by atoms with Gasteiger partial charge in [-0.05, 0) is 25.5 Å². The summed E-state index contributed by atoms with van der Waals surface area (Å²) < 4.78 is 0. The molecule has 0 bridgehead atoms. The van der Waals surface area contributed by atoms with E-state index in [0.717, 1.165) is 36.1 Å². The van der Waals surface area contributed by atoms with Crippen molar-refractivity contribution in [2.75, 3.05) is 17.2 Å². The molecule has 0 aromatic carbocycles. The first kappa shape index (κ1) is 14.2. The lowest BCUT2D eigenvalue weighted by Gasteiger charge is -2.09. The Hall–Kier alpha value is -2.17. The van der Waals surface area contributed by atoms with Gasteiger partial charge in [0.2, 0.25) is 0 Å². The van der Waals surface area contributed by atoms with Crippen LogP contribution in [0, 0.1) is 6.92 Å². The first-order valence-corrected chi connectivity index (χ1v) is 7.01. The van der Waals surface area contributed by atoms with Crippen molar-refractivity contribution in [1.29, 1.82) is 0 Å². The van der Waals surface area contributed by atoms with Crippen molar-refractivity contribution in [2.24, 2.45) is 0 Å². The van der Waals surface area contributed by atoms with Gasteiger partial charge in [0.25, 0.3) is 0 Å². The molecule has 2 aromatic heterocycles. The summed E-state index contributed by atoms with van der Waals surface area (Å²) in [6, 6.07) is 7.81. The van der Waals surface area contributed by atoms with Crippen LogP contribution in [0.1, 0.15) is 31.3 Å². The Labute approximate surface area is 119 Å². The topological polar surface area (TPSA) is 62.7 Å². The highest BCUT2D eigenvalue weighted by atomic mass is 15.1. The quantitative estimate of drug-likeness (QED) is 0.758. The van der Waals surface area contributed by atoms with E-state index in [2.05, 4.69) is 32.5 Å². The molecule has 0 spiro atoms. The number of nitrogens with one attached hydrogen (secondary N) is 2. The zero-order valence-corrected chi connectivity index (χ0v) is 12.1. The molecule has 0 saturated carbocycles. The van der Waals surface area contributed by atoms with Crippen molar-refractivity contribution < 1.29 is 0 Å². The molecule has 2 heterocycles. The first-order valence-electron chi connectivity index (χ1n) is 7.01. The standard InChI is InChI=1S/C15H21N5/c1-3-4-8-17-14-10-15(20-12(2)19-14)18-11-13-7-5-6-9-16-13/h5-7,9-10H,3-4,8,11H2,1-2H3,(H2,17,18,19,20). The molecule has 0 amide bonds. The minimum absolute atomic E-state index is 0.658. The maximum absolute atomic E-state index is 4.39. The lowest BCUT2D eigenvalue weighted by Crippen LogP contribution is -2.08. The SMILES string of the molecule is CCCCNc1cc(NCc2ccccn2)nc(C)n1.